The Hall–Kier alpha value is -2.95. The third-order valence-corrected chi connectivity index (χ3v) is 3.29. The Bertz CT molecular complexity index is 752. The first-order chi connectivity index (χ1) is 11.1. The van der Waals surface area contributed by atoms with Crippen molar-refractivity contribution in [2.24, 2.45) is 4.99 Å². The molecule has 0 saturated carbocycles. The van der Waals surface area contributed by atoms with Crippen molar-refractivity contribution in [2.45, 2.75) is 19.8 Å². The predicted molar refractivity (Wildman–Crippen MR) is 92.4 cm³/mol. The average molecular weight is 310 g/mol. The molecule has 0 amide bonds. The zero-order chi connectivity index (χ0) is 16.7. The van der Waals surface area contributed by atoms with Crippen LogP contribution < -0.4 is 0 Å². The van der Waals surface area contributed by atoms with Gasteiger partial charge in [-0.1, -0.05) is 31.5 Å². The summed E-state index contributed by atoms with van der Waals surface area (Å²) in [7, 11) is 0. The summed E-state index contributed by atoms with van der Waals surface area (Å²) in [6, 6.07) is 11.8. The molecule has 0 fully saturated rings. The van der Waals surface area contributed by atoms with Gasteiger partial charge in [0.1, 0.15) is 11.4 Å². The van der Waals surface area contributed by atoms with Crippen LogP contribution >= 0.6 is 0 Å². The van der Waals surface area contributed by atoms with Crippen molar-refractivity contribution < 1.29 is 10.0 Å². The van der Waals surface area contributed by atoms with Crippen molar-refractivity contribution >= 4 is 23.7 Å². The smallest absolute Gasteiger partial charge is 0.276 e. The van der Waals surface area contributed by atoms with Gasteiger partial charge in [0.2, 0.25) is 0 Å². The average Bonchev–Trinajstić information content (AvgIpc) is 2.54. The zero-order valence-electron chi connectivity index (χ0n) is 12.8. The number of hydrogen-bond acceptors (Lipinski definition) is 4. The maximum atomic E-state index is 10.9. The monoisotopic (exact) mass is 310 g/mol. The molecule has 0 aliphatic rings. The maximum Gasteiger partial charge on any atom is 0.276 e. The number of phenolic OH excluding ortho intramolecular Hbond substituents is 1. The van der Waals surface area contributed by atoms with Crippen LogP contribution in [0.15, 0.2) is 53.5 Å². The van der Waals surface area contributed by atoms with E-state index < -0.39 is 4.92 Å². The summed E-state index contributed by atoms with van der Waals surface area (Å²) >= 11 is 0. The molecule has 2 aromatic rings. The van der Waals surface area contributed by atoms with E-state index >= 15 is 0 Å². The Morgan fingerprint density at radius 3 is 2.78 bits per heavy atom. The summed E-state index contributed by atoms with van der Waals surface area (Å²) < 4.78 is 0. The second-order valence-electron chi connectivity index (χ2n) is 5.03. The number of aromatic hydroxyl groups is 1. The topological polar surface area (TPSA) is 75.7 Å². The van der Waals surface area contributed by atoms with E-state index in [9.17, 15) is 15.2 Å². The van der Waals surface area contributed by atoms with Gasteiger partial charge in [-0.2, -0.15) is 0 Å². The van der Waals surface area contributed by atoms with Crippen LogP contribution in [0.5, 0.6) is 5.75 Å². The van der Waals surface area contributed by atoms with Crippen molar-refractivity contribution in [2.75, 3.05) is 0 Å². The van der Waals surface area contributed by atoms with Crippen LogP contribution in [0.4, 0.5) is 11.4 Å². The van der Waals surface area contributed by atoms with Gasteiger partial charge < -0.3 is 5.11 Å². The van der Waals surface area contributed by atoms with E-state index in [1.54, 1.807) is 36.4 Å². The van der Waals surface area contributed by atoms with E-state index in [1.807, 2.05) is 12.1 Å². The molecule has 0 spiro atoms. The van der Waals surface area contributed by atoms with Crippen LogP contribution in [-0.2, 0) is 6.42 Å². The molecule has 0 aliphatic carbocycles. The van der Waals surface area contributed by atoms with Crippen molar-refractivity contribution in [1.82, 2.24) is 0 Å². The molecule has 0 aliphatic heterocycles. The molecule has 118 valence electrons. The first-order valence-corrected chi connectivity index (χ1v) is 7.38. The van der Waals surface area contributed by atoms with E-state index in [0.717, 1.165) is 18.4 Å². The summed E-state index contributed by atoms with van der Waals surface area (Å²) in [5.41, 5.74) is 2.15. The fourth-order valence-corrected chi connectivity index (χ4v) is 2.18. The highest BCUT2D eigenvalue weighted by atomic mass is 16.6. The lowest BCUT2D eigenvalue weighted by Gasteiger charge is -2.02. The lowest BCUT2D eigenvalue weighted by Crippen LogP contribution is -1.90. The SMILES string of the molecule is CCCc1ccc(O)c(N=C/C=C/c2ccccc2[N+](=O)[O-])c1. The third-order valence-electron chi connectivity index (χ3n) is 3.29. The predicted octanol–water partition coefficient (Wildman–Crippen LogP) is 4.67. The molecule has 2 rings (SSSR count). The molecule has 5 heteroatoms. The molecular weight excluding hydrogens is 292 g/mol. The first kappa shape index (κ1) is 16.4. The minimum atomic E-state index is -0.420. The van der Waals surface area contributed by atoms with Gasteiger partial charge in [-0.15, -0.1) is 0 Å². The highest BCUT2D eigenvalue weighted by molar-refractivity contribution is 5.82. The number of phenols is 1. The Kier molecular flexibility index (Phi) is 5.63. The molecule has 0 atom stereocenters. The summed E-state index contributed by atoms with van der Waals surface area (Å²) in [4.78, 5) is 14.7. The van der Waals surface area contributed by atoms with Crippen molar-refractivity contribution in [3.8, 4) is 5.75 Å². The number of nitro benzene ring substituents is 1. The number of hydrogen-bond donors (Lipinski definition) is 1. The van der Waals surface area contributed by atoms with Gasteiger partial charge in [0.05, 0.1) is 10.5 Å². The zero-order valence-corrected chi connectivity index (χ0v) is 12.8. The lowest BCUT2D eigenvalue weighted by atomic mass is 10.1. The summed E-state index contributed by atoms with van der Waals surface area (Å²) in [5, 5.41) is 20.7. The van der Waals surface area contributed by atoms with Crippen LogP contribution in [0, 0.1) is 10.1 Å². The number of nitrogens with zero attached hydrogens (tertiary/aromatic N) is 2. The highest BCUT2D eigenvalue weighted by Crippen LogP contribution is 2.27. The van der Waals surface area contributed by atoms with E-state index in [-0.39, 0.29) is 11.4 Å². The number of aliphatic imine (C=N–C) groups is 1. The van der Waals surface area contributed by atoms with Crippen LogP contribution in [0.3, 0.4) is 0 Å². The quantitative estimate of drug-likeness (QED) is 0.478. The second-order valence-corrected chi connectivity index (χ2v) is 5.03. The van der Waals surface area contributed by atoms with Gasteiger partial charge >= 0.3 is 0 Å². The number of para-hydroxylation sites is 1. The third kappa shape index (κ3) is 4.51. The van der Waals surface area contributed by atoms with Crippen LogP contribution in [0.2, 0.25) is 0 Å². The minimum absolute atomic E-state index is 0.0462. The molecular formula is C18H18N2O3. The van der Waals surface area contributed by atoms with E-state index in [2.05, 4.69) is 11.9 Å². The number of nitro groups is 1. The fraction of sp³-hybridized carbons (Fsp3) is 0.167. The fourth-order valence-electron chi connectivity index (χ4n) is 2.18. The molecule has 0 radical (unpaired) electrons. The Morgan fingerprint density at radius 1 is 1.26 bits per heavy atom. The summed E-state index contributed by atoms with van der Waals surface area (Å²) in [5.74, 6) is 0.111. The van der Waals surface area contributed by atoms with Crippen LogP contribution in [-0.4, -0.2) is 16.2 Å². The first-order valence-electron chi connectivity index (χ1n) is 7.38. The van der Waals surface area contributed by atoms with Crippen LogP contribution in [0.1, 0.15) is 24.5 Å². The van der Waals surface area contributed by atoms with Gasteiger partial charge in [0.15, 0.2) is 0 Å². The lowest BCUT2D eigenvalue weighted by molar-refractivity contribution is -0.385. The maximum absolute atomic E-state index is 10.9. The van der Waals surface area contributed by atoms with Gasteiger partial charge in [-0.25, -0.2) is 0 Å². The van der Waals surface area contributed by atoms with Crippen molar-refractivity contribution in [3.63, 3.8) is 0 Å². The minimum Gasteiger partial charge on any atom is -0.506 e. The van der Waals surface area contributed by atoms with E-state index in [0.29, 0.717) is 11.3 Å². The number of rotatable bonds is 6. The summed E-state index contributed by atoms with van der Waals surface area (Å²) in [6.45, 7) is 2.09. The summed E-state index contributed by atoms with van der Waals surface area (Å²) in [6.07, 6.45) is 6.70. The molecule has 0 bridgehead atoms. The van der Waals surface area contributed by atoms with Crippen molar-refractivity contribution in [3.05, 3.63) is 69.8 Å². The van der Waals surface area contributed by atoms with Gasteiger partial charge in [-0.3, -0.25) is 15.1 Å². The van der Waals surface area contributed by atoms with E-state index in [4.69, 9.17) is 0 Å². The largest absolute Gasteiger partial charge is 0.506 e. The second kappa shape index (κ2) is 7.89. The molecule has 1 N–H and O–H groups in total. The normalized spacial score (nSPS) is 11.3. The van der Waals surface area contributed by atoms with Crippen LogP contribution in [0.25, 0.3) is 6.08 Å². The number of allylic oxidation sites excluding steroid dienone is 1. The Balaban J connectivity index is 2.16. The Morgan fingerprint density at radius 2 is 2.04 bits per heavy atom. The molecule has 2 aromatic carbocycles. The van der Waals surface area contributed by atoms with Gasteiger partial charge in [-0.05, 0) is 42.3 Å². The number of benzene rings is 2. The molecule has 0 unspecified atom stereocenters. The molecule has 0 saturated heterocycles. The van der Waals surface area contributed by atoms with Gasteiger partial charge in [0, 0.05) is 12.3 Å². The van der Waals surface area contributed by atoms with Gasteiger partial charge in [0.25, 0.3) is 5.69 Å². The molecule has 0 aromatic heterocycles. The standard InChI is InChI=1S/C18H18N2O3/c1-2-6-14-10-11-18(21)16(13-14)19-12-5-8-15-7-3-4-9-17(15)20(22)23/h3-5,7-13,21H,2,6H2,1H3/b8-5+,19-12?. The van der Waals surface area contributed by atoms with Crippen molar-refractivity contribution in [1.29, 1.82) is 0 Å². The van der Waals surface area contributed by atoms with E-state index in [1.165, 1.54) is 12.3 Å². The molecule has 5 nitrogen and oxygen atoms in total. The Labute approximate surface area is 134 Å². The highest BCUT2D eigenvalue weighted by Gasteiger charge is 2.08. The number of aryl methyl sites for hydroxylation is 1. The molecule has 23 heavy (non-hydrogen) atoms. The molecule has 0 heterocycles.